The average Bonchev–Trinajstić information content (AvgIpc) is 2.69. The molecule has 4 aromatic carbocycles. The average molecular weight is 349 g/mol. The smallest absolute Gasteiger partial charge is 0.0662 e. The van der Waals surface area contributed by atoms with Gasteiger partial charge in [0.05, 0.1) is 5.69 Å². The zero-order valence-corrected chi connectivity index (χ0v) is 16.0. The number of para-hydroxylation sites is 1. The van der Waals surface area contributed by atoms with Gasteiger partial charge >= 0.3 is 0 Å². The third-order valence-electron chi connectivity index (χ3n) is 5.14. The predicted molar refractivity (Wildman–Crippen MR) is 117 cm³/mol. The molecule has 0 N–H and O–H groups in total. The molecule has 0 atom stereocenters. The van der Waals surface area contributed by atoms with E-state index in [2.05, 4.69) is 99.6 Å². The van der Waals surface area contributed by atoms with E-state index in [1.54, 1.807) is 0 Å². The Morgan fingerprint density at radius 1 is 0.667 bits per heavy atom. The fourth-order valence-corrected chi connectivity index (χ4v) is 3.65. The Morgan fingerprint density at radius 2 is 1.33 bits per heavy atom. The van der Waals surface area contributed by atoms with E-state index in [4.69, 9.17) is 4.99 Å². The minimum absolute atomic E-state index is 1.03. The highest BCUT2D eigenvalue weighted by atomic mass is 14.7. The molecule has 0 aliphatic carbocycles. The van der Waals surface area contributed by atoms with Crippen molar-refractivity contribution in [3.05, 3.63) is 102 Å². The summed E-state index contributed by atoms with van der Waals surface area (Å²) in [6, 6.07) is 29.9. The third kappa shape index (κ3) is 3.29. The van der Waals surface area contributed by atoms with Crippen LogP contribution in [0.25, 0.3) is 21.9 Å². The molecule has 0 bridgehead atoms. The molecule has 0 fully saturated rings. The summed E-state index contributed by atoms with van der Waals surface area (Å²) in [4.78, 5) is 4.97. The summed E-state index contributed by atoms with van der Waals surface area (Å²) < 4.78 is 0. The maximum absolute atomic E-state index is 4.97. The zero-order valence-electron chi connectivity index (χ0n) is 16.0. The Morgan fingerprint density at radius 3 is 2.11 bits per heavy atom. The molecule has 1 heteroatoms. The first-order valence-corrected chi connectivity index (χ1v) is 9.34. The predicted octanol–water partition coefficient (Wildman–Crippen LogP) is 7.26. The van der Waals surface area contributed by atoms with Crippen molar-refractivity contribution in [1.82, 2.24) is 0 Å². The maximum Gasteiger partial charge on any atom is 0.0662 e. The molecule has 0 spiro atoms. The number of fused-ring (bicyclic) bond motifs is 1. The van der Waals surface area contributed by atoms with Crippen molar-refractivity contribution in [3.63, 3.8) is 0 Å². The highest BCUT2D eigenvalue weighted by Crippen LogP contribution is 2.35. The molecule has 0 aromatic heterocycles. The number of nitrogens with zero attached hydrogens (tertiary/aromatic N) is 1. The van der Waals surface area contributed by atoms with Crippen molar-refractivity contribution in [3.8, 4) is 11.1 Å². The van der Waals surface area contributed by atoms with E-state index >= 15 is 0 Å². The summed E-state index contributed by atoms with van der Waals surface area (Å²) >= 11 is 0. The molecule has 132 valence electrons. The minimum Gasteiger partial charge on any atom is -0.253 e. The molecule has 0 heterocycles. The molecule has 0 unspecified atom stereocenters. The van der Waals surface area contributed by atoms with Crippen molar-refractivity contribution >= 4 is 22.2 Å². The molecular weight excluding hydrogens is 326 g/mol. The van der Waals surface area contributed by atoms with E-state index in [9.17, 15) is 0 Å². The van der Waals surface area contributed by atoms with Crippen LogP contribution >= 0.6 is 0 Å². The quantitative estimate of drug-likeness (QED) is 0.345. The van der Waals surface area contributed by atoms with Crippen LogP contribution in [-0.2, 0) is 0 Å². The first kappa shape index (κ1) is 17.2. The van der Waals surface area contributed by atoms with Gasteiger partial charge in [0, 0.05) is 11.3 Å². The number of benzene rings is 4. The number of aliphatic imine (C=N–C) groups is 1. The Hall–Kier alpha value is -3.19. The molecule has 1 nitrogen and oxygen atoms in total. The second-order valence-corrected chi connectivity index (χ2v) is 7.01. The highest BCUT2D eigenvalue weighted by Gasteiger charge is 2.14. The molecule has 0 aliphatic heterocycles. The minimum atomic E-state index is 1.03. The molecular formula is C26H23N. The van der Waals surface area contributed by atoms with Gasteiger partial charge in [0.15, 0.2) is 0 Å². The van der Waals surface area contributed by atoms with Gasteiger partial charge in [0.25, 0.3) is 0 Å². The lowest BCUT2D eigenvalue weighted by Gasteiger charge is -2.16. The second kappa shape index (κ2) is 7.20. The Bertz CT molecular complexity index is 1150. The van der Waals surface area contributed by atoms with Crippen LogP contribution < -0.4 is 0 Å². The van der Waals surface area contributed by atoms with Crippen molar-refractivity contribution in [1.29, 1.82) is 0 Å². The van der Waals surface area contributed by atoms with E-state index in [1.807, 2.05) is 6.07 Å². The number of hydrogen-bond donors (Lipinski definition) is 0. The van der Waals surface area contributed by atoms with Crippen LogP contribution in [0.3, 0.4) is 0 Å². The first-order chi connectivity index (χ1) is 13.1. The van der Waals surface area contributed by atoms with Crippen LogP contribution in [-0.4, -0.2) is 5.71 Å². The van der Waals surface area contributed by atoms with Crippen molar-refractivity contribution in [2.45, 2.75) is 20.8 Å². The summed E-state index contributed by atoms with van der Waals surface area (Å²) in [5, 5.41) is 2.52. The second-order valence-electron chi connectivity index (χ2n) is 7.01. The summed E-state index contributed by atoms with van der Waals surface area (Å²) in [5.41, 5.74) is 8.25. The topological polar surface area (TPSA) is 12.4 Å². The summed E-state index contributed by atoms with van der Waals surface area (Å²) in [7, 11) is 0. The van der Waals surface area contributed by atoms with Crippen LogP contribution in [0.15, 0.2) is 89.9 Å². The molecule has 0 saturated carbocycles. The van der Waals surface area contributed by atoms with Gasteiger partial charge in [-0.05, 0) is 59.9 Å². The van der Waals surface area contributed by atoms with Gasteiger partial charge in [-0.3, -0.25) is 4.99 Å². The highest BCUT2D eigenvalue weighted by molar-refractivity contribution is 6.12. The van der Waals surface area contributed by atoms with Gasteiger partial charge in [-0.1, -0.05) is 78.9 Å². The van der Waals surface area contributed by atoms with Gasteiger partial charge in [-0.2, -0.15) is 0 Å². The van der Waals surface area contributed by atoms with Crippen LogP contribution in [0.1, 0.15) is 23.6 Å². The van der Waals surface area contributed by atoms with Crippen LogP contribution in [0.4, 0.5) is 5.69 Å². The van der Waals surface area contributed by atoms with Crippen LogP contribution in [0.2, 0.25) is 0 Å². The summed E-state index contributed by atoms with van der Waals surface area (Å²) in [6.45, 7) is 6.39. The van der Waals surface area contributed by atoms with Gasteiger partial charge in [-0.25, -0.2) is 0 Å². The van der Waals surface area contributed by atoms with E-state index in [-0.39, 0.29) is 0 Å². The fourth-order valence-electron chi connectivity index (χ4n) is 3.65. The van der Waals surface area contributed by atoms with Crippen molar-refractivity contribution < 1.29 is 0 Å². The summed E-state index contributed by atoms with van der Waals surface area (Å²) in [6.07, 6.45) is 0. The van der Waals surface area contributed by atoms with Crippen molar-refractivity contribution in [2.75, 3.05) is 0 Å². The van der Waals surface area contributed by atoms with Crippen molar-refractivity contribution in [2.24, 2.45) is 4.99 Å². The maximum atomic E-state index is 4.97. The largest absolute Gasteiger partial charge is 0.253 e. The fraction of sp³-hybridized carbons (Fsp3) is 0.115. The lowest BCUT2D eigenvalue weighted by atomic mass is 9.89. The first-order valence-electron chi connectivity index (χ1n) is 9.34. The molecule has 0 saturated heterocycles. The van der Waals surface area contributed by atoms with Gasteiger partial charge in [0.1, 0.15) is 0 Å². The molecule has 4 aromatic rings. The number of hydrogen-bond acceptors (Lipinski definition) is 1. The standard InChI is InChI=1S/C26H23N/c1-18-10-4-7-13-22(18)26-23(17-16-21-12-6-8-14-24(21)26)20(3)27-25-15-9-5-11-19(25)2/h4-17H,1-3H3. The van der Waals surface area contributed by atoms with Gasteiger partial charge < -0.3 is 0 Å². The lowest BCUT2D eigenvalue weighted by Crippen LogP contribution is -2.00. The molecule has 0 aliphatic rings. The van der Waals surface area contributed by atoms with E-state index in [1.165, 1.54) is 38.6 Å². The molecule has 0 radical (unpaired) electrons. The number of aryl methyl sites for hydroxylation is 2. The Kier molecular flexibility index (Phi) is 4.60. The SMILES string of the molecule is CC(=Nc1ccccc1C)c1ccc2ccccc2c1-c1ccccc1C. The normalized spacial score (nSPS) is 11.7. The number of rotatable bonds is 3. The Labute approximate surface area is 161 Å². The van der Waals surface area contributed by atoms with Crippen LogP contribution in [0.5, 0.6) is 0 Å². The molecule has 0 amide bonds. The third-order valence-corrected chi connectivity index (χ3v) is 5.14. The lowest BCUT2D eigenvalue weighted by molar-refractivity contribution is 1.38. The van der Waals surface area contributed by atoms with E-state index in [0.29, 0.717) is 0 Å². The molecule has 4 rings (SSSR count). The van der Waals surface area contributed by atoms with Gasteiger partial charge in [-0.15, -0.1) is 0 Å². The summed E-state index contributed by atoms with van der Waals surface area (Å²) in [5.74, 6) is 0. The van der Waals surface area contributed by atoms with E-state index in [0.717, 1.165) is 11.4 Å². The monoisotopic (exact) mass is 349 g/mol. The van der Waals surface area contributed by atoms with E-state index < -0.39 is 0 Å². The van der Waals surface area contributed by atoms with Crippen LogP contribution in [0, 0.1) is 13.8 Å². The molecule has 27 heavy (non-hydrogen) atoms. The van der Waals surface area contributed by atoms with Gasteiger partial charge in [0.2, 0.25) is 0 Å². The Balaban J connectivity index is 2.00. The zero-order chi connectivity index (χ0) is 18.8.